The molecule has 0 aliphatic heterocycles. The molecule has 0 saturated heterocycles. The molecule has 0 atom stereocenters. The molecule has 0 radical (unpaired) electrons. The number of hydrogen-bond acceptors (Lipinski definition) is 1. The van der Waals surface area contributed by atoms with Crippen LogP contribution in [0.15, 0.2) is 18.2 Å². The Hall–Kier alpha value is -0.820. The molecule has 68 valence electrons. The van der Waals surface area contributed by atoms with Crippen LogP contribution in [0.3, 0.4) is 0 Å². The van der Waals surface area contributed by atoms with E-state index in [1.165, 1.54) is 11.1 Å². The Morgan fingerprint density at radius 3 is 2.17 bits per heavy atom. The summed E-state index contributed by atoms with van der Waals surface area (Å²) in [5.41, 5.74) is 3.47. The monoisotopic (exact) mass is 166 g/mol. The van der Waals surface area contributed by atoms with Crippen molar-refractivity contribution in [1.82, 2.24) is 0 Å². The van der Waals surface area contributed by atoms with E-state index >= 15 is 0 Å². The number of hydrogen-bond donors (Lipinski definition) is 1. The van der Waals surface area contributed by atoms with Crippen molar-refractivity contribution in [2.24, 2.45) is 0 Å². The van der Waals surface area contributed by atoms with Crippen LogP contribution in [0.1, 0.15) is 30.5 Å². The van der Waals surface area contributed by atoms with Gasteiger partial charge < -0.3 is 5.11 Å². The predicted octanol–water partition coefficient (Wildman–Crippen LogP) is 2.82. The first-order chi connectivity index (χ1) is 5.75. The maximum atomic E-state index is 8.84. The molecule has 12 heavy (non-hydrogen) atoms. The summed E-state index contributed by atoms with van der Waals surface area (Å²) in [6.07, 6.45) is 0. The predicted molar refractivity (Wildman–Crippen MR) is 53.2 cm³/mol. The normalized spacial score (nSPS) is 8.75. The first-order valence-corrected chi connectivity index (χ1v) is 4.41. The standard InChI is InChI=1S/C9H12O.C2H6/c1-7-4-3-5-9(6-10)8(7)2;1-2/h3-5,10H,6H2,1-2H3;1-2H3. The van der Waals surface area contributed by atoms with E-state index in [0.717, 1.165) is 5.56 Å². The van der Waals surface area contributed by atoms with E-state index in [4.69, 9.17) is 5.11 Å². The van der Waals surface area contributed by atoms with Gasteiger partial charge in [0.1, 0.15) is 0 Å². The maximum Gasteiger partial charge on any atom is 0.0684 e. The summed E-state index contributed by atoms with van der Waals surface area (Å²) in [5, 5.41) is 8.84. The molecule has 0 aliphatic rings. The van der Waals surface area contributed by atoms with E-state index in [-0.39, 0.29) is 6.61 Å². The van der Waals surface area contributed by atoms with Crippen LogP contribution in [-0.2, 0) is 6.61 Å². The lowest BCUT2D eigenvalue weighted by Gasteiger charge is -2.03. The lowest BCUT2D eigenvalue weighted by Crippen LogP contribution is -1.90. The fourth-order valence-electron chi connectivity index (χ4n) is 0.983. The van der Waals surface area contributed by atoms with Crippen molar-refractivity contribution in [2.45, 2.75) is 34.3 Å². The van der Waals surface area contributed by atoms with Gasteiger partial charge in [-0.2, -0.15) is 0 Å². The van der Waals surface area contributed by atoms with Crippen LogP contribution in [0, 0.1) is 13.8 Å². The third-order valence-corrected chi connectivity index (χ3v) is 1.89. The molecule has 0 bridgehead atoms. The molecule has 1 N–H and O–H groups in total. The Kier molecular flexibility index (Phi) is 5.39. The second-order valence-corrected chi connectivity index (χ2v) is 2.52. The Labute approximate surface area is 75.1 Å². The van der Waals surface area contributed by atoms with Gasteiger partial charge >= 0.3 is 0 Å². The summed E-state index contributed by atoms with van der Waals surface area (Å²) in [7, 11) is 0. The number of benzene rings is 1. The Bertz CT molecular complexity index is 228. The van der Waals surface area contributed by atoms with Crippen molar-refractivity contribution < 1.29 is 5.11 Å². The minimum Gasteiger partial charge on any atom is -0.392 e. The minimum atomic E-state index is 0.146. The zero-order valence-corrected chi connectivity index (χ0v) is 8.39. The van der Waals surface area contributed by atoms with E-state index in [1.54, 1.807) is 0 Å². The molecule has 1 heteroatoms. The smallest absolute Gasteiger partial charge is 0.0684 e. The van der Waals surface area contributed by atoms with E-state index in [2.05, 4.69) is 13.0 Å². The molecule has 0 spiro atoms. The third-order valence-electron chi connectivity index (χ3n) is 1.89. The van der Waals surface area contributed by atoms with Gasteiger partial charge in [-0.25, -0.2) is 0 Å². The van der Waals surface area contributed by atoms with Gasteiger partial charge in [-0.15, -0.1) is 0 Å². The van der Waals surface area contributed by atoms with Crippen LogP contribution in [0.2, 0.25) is 0 Å². The second kappa shape index (κ2) is 5.78. The molecule has 0 unspecified atom stereocenters. The highest BCUT2D eigenvalue weighted by atomic mass is 16.3. The third kappa shape index (κ3) is 2.67. The van der Waals surface area contributed by atoms with E-state index in [1.807, 2.05) is 32.9 Å². The summed E-state index contributed by atoms with van der Waals surface area (Å²) in [4.78, 5) is 0. The van der Waals surface area contributed by atoms with Gasteiger partial charge in [-0.1, -0.05) is 32.0 Å². The van der Waals surface area contributed by atoms with Gasteiger partial charge in [-0.3, -0.25) is 0 Å². The molecule has 1 rings (SSSR count). The van der Waals surface area contributed by atoms with Crippen molar-refractivity contribution in [2.75, 3.05) is 0 Å². The average molecular weight is 166 g/mol. The summed E-state index contributed by atoms with van der Waals surface area (Å²) in [6, 6.07) is 5.96. The Balaban J connectivity index is 0.000000561. The number of aryl methyl sites for hydroxylation is 1. The zero-order valence-electron chi connectivity index (χ0n) is 8.39. The van der Waals surface area contributed by atoms with Gasteiger partial charge in [0.2, 0.25) is 0 Å². The first kappa shape index (κ1) is 11.2. The molecule has 0 aromatic heterocycles. The Morgan fingerprint density at radius 2 is 1.75 bits per heavy atom. The van der Waals surface area contributed by atoms with Gasteiger partial charge in [0.25, 0.3) is 0 Å². The second-order valence-electron chi connectivity index (χ2n) is 2.52. The molecule has 0 fully saturated rings. The van der Waals surface area contributed by atoms with Gasteiger partial charge in [0, 0.05) is 0 Å². The van der Waals surface area contributed by atoms with E-state index in [9.17, 15) is 0 Å². The highest BCUT2D eigenvalue weighted by Crippen LogP contribution is 2.11. The molecule has 1 aromatic rings. The van der Waals surface area contributed by atoms with Crippen LogP contribution >= 0.6 is 0 Å². The van der Waals surface area contributed by atoms with Gasteiger partial charge in [-0.05, 0) is 30.5 Å². The minimum absolute atomic E-state index is 0.146. The van der Waals surface area contributed by atoms with E-state index in [0.29, 0.717) is 0 Å². The molecule has 0 heterocycles. The zero-order chi connectivity index (χ0) is 9.56. The largest absolute Gasteiger partial charge is 0.392 e. The quantitative estimate of drug-likeness (QED) is 0.680. The van der Waals surface area contributed by atoms with Gasteiger partial charge in [0.15, 0.2) is 0 Å². The lowest BCUT2D eigenvalue weighted by atomic mass is 10.0. The first-order valence-electron chi connectivity index (χ1n) is 4.41. The highest BCUT2D eigenvalue weighted by Gasteiger charge is 1.96. The molecule has 1 nitrogen and oxygen atoms in total. The van der Waals surface area contributed by atoms with Crippen molar-refractivity contribution in [3.63, 3.8) is 0 Å². The fourth-order valence-corrected chi connectivity index (χ4v) is 0.983. The summed E-state index contributed by atoms with van der Waals surface area (Å²) in [5.74, 6) is 0. The highest BCUT2D eigenvalue weighted by molar-refractivity contribution is 5.32. The number of rotatable bonds is 1. The lowest BCUT2D eigenvalue weighted by molar-refractivity contribution is 0.281. The van der Waals surface area contributed by atoms with Crippen molar-refractivity contribution in [3.05, 3.63) is 34.9 Å². The average Bonchev–Trinajstić information content (AvgIpc) is 2.13. The number of aliphatic hydroxyl groups is 1. The fraction of sp³-hybridized carbons (Fsp3) is 0.455. The maximum absolute atomic E-state index is 8.84. The summed E-state index contributed by atoms with van der Waals surface area (Å²) < 4.78 is 0. The Morgan fingerprint density at radius 1 is 1.17 bits per heavy atom. The summed E-state index contributed by atoms with van der Waals surface area (Å²) in [6.45, 7) is 8.23. The van der Waals surface area contributed by atoms with Crippen LogP contribution in [0.25, 0.3) is 0 Å². The topological polar surface area (TPSA) is 20.2 Å². The molecule has 0 amide bonds. The SMILES string of the molecule is CC.Cc1cccc(CO)c1C. The van der Waals surface area contributed by atoms with Gasteiger partial charge in [0.05, 0.1) is 6.61 Å². The van der Waals surface area contributed by atoms with Crippen LogP contribution in [0.5, 0.6) is 0 Å². The molecule has 0 saturated carbocycles. The van der Waals surface area contributed by atoms with Crippen molar-refractivity contribution >= 4 is 0 Å². The van der Waals surface area contributed by atoms with Crippen LogP contribution < -0.4 is 0 Å². The molecular weight excluding hydrogens is 148 g/mol. The van der Waals surface area contributed by atoms with Crippen LogP contribution in [0.4, 0.5) is 0 Å². The van der Waals surface area contributed by atoms with Crippen molar-refractivity contribution in [3.8, 4) is 0 Å². The van der Waals surface area contributed by atoms with Crippen LogP contribution in [-0.4, -0.2) is 5.11 Å². The molecular formula is C11H18O. The number of aliphatic hydroxyl groups excluding tert-OH is 1. The molecule has 1 aromatic carbocycles. The van der Waals surface area contributed by atoms with Crippen molar-refractivity contribution in [1.29, 1.82) is 0 Å². The van der Waals surface area contributed by atoms with E-state index < -0.39 is 0 Å². The molecule has 0 aliphatic carbocycles. The summed E-state index contributed by atoms with van der Waals surface area (Å²) >= 11 is 0.